The van der Waals surface area contributed by atoms with Crippen molar-refractivity contribution in [1.82, 2.24) is 0 Å². The van der Waals surface area contributed by atoms with E-state index >= 15 is 0 Å². The first kappa shape index (κ1) is 10.8. The van der Waals surface area contributed by atoms with E-state index in [2.05, 4.69) is 0 Å². The van der Waals surface area contributed by atoms with Crippen molar-refractivity contribution in [2.24, 2.45) is 0 Å². The molecule has 0 aliphatic rings. The molecule has 11 heavy (non-hydrogen) atoms. The van der Waals surface area contributed by atoms with Gasteiger partial charge in [0.05, 0.1) is 6.61 Å². The molecule has 0 bridgehead atoms. The van der Waals surface area contributed by atoms with Crippen LogP contribution in [0.3, 0.4) is 0 Å². The molecule has 6 heteroatoms. The Kier molecular flexibility index (Phi) is 4.55. The quantitative estimate of drug-likeness (QED) is 0.373. The van der Waals surface area contributed by atoms with Gasteiger partial charge >= 0.3 is 0 Å². The summed E-state index contributed by atoms with van der Waals surface area (Å²) >= 11 is 4.92. The number of alkyl halides is 1. The number of rotatable bonds is 4. The van der Waals surface area contributed by atoms with Crippen molar-refractivity contribution in [2.75, 3.05) is 6.61 Å². The van der Waals surface area contributed by atoms with E-state index in [4.69, 9.17) is 32.0 Å². The van der Waals surface area contributed by atoms with Gasteiger partial charge in [-0.05, 0) is 0 Å². The van der Waals surface area contributed by atoms with E-state index in [1.54, 1.807) is 0 Å². The van der Waals surface area contributed by atoms with E-state index in [0.717, 1.165) is 0 Å². The molecule has 0 rings (SSSR count). The molecule has 0 heterocycles. The number of aliphatic hydroxyl groups excluding tert-OH is 4. The average Bonchev–Trinajstić information content (AvgIpc) is 2.00. The standard InChI is InChI=1S/C5H9ClO5/c6-5(11)4(10)3(9)2(8)1-7/h2,4-5,7-8,10-11H,1H2/t2-,4-,5?/m1/s1. The zero-order chi connectivity index (χ0) is 9.02. The van der Waals surface area contributed by atoms with E-state index < -0.39 is 30.2 Å². The fourth-order valence-electron chi connectivity index (χ4n) is 0.423. The molecule has 0 aromatic rings. The lowest BCUT2D eigenvalue weighted by molar-refractivity contribution is -0.140. The third kappa shape index (κ3) is 3.13. The zero-order valence-electron chi connectivity index (χ0n) is 5.51. The minimum Gasteiger partial charge on any atom is -0.393 e. The number of carbonyl (C=O) groups is 1. The molecule has 0 amide bonds. The maximum atomic E-state index is 10.6. The molecule has 0 aromatic carbocycles. The minimum absolute atomic E-state index is 0.806. The Hall–Kier alpha value is -0.200. The number of hydrogen-bond donors (Lipinski definition) is 4. The molecule has 5 nitrogen and oxygen atoms in total. The summed E-state index contributed by atoms with van der Waals surface area (Å²) in [5.41, 5.74) is -1.76. The lowest BCUT2D eigenvalue weighted by Crippen LogP contribution is -2.39. The van der Waals surface area contributed by atoms with Gasteiger partial charge in [-0.2, -0.15) is 0 Å². The fraction of sp³-hybridized carbons (Fsp3) is 0.800. The van der Waals surface area contributed by atoms with Gasteiger partial charge in [-0.25, -0.2) is 0 Å². The second-order valence-corrected chi connectivity index (χ2v) is 2.37. The van der Waals surface area contributed by atoms with E-state index in [1.165, 1.54) is 0 Å². The second-order valence-electron chi connectivity index (χ2n) is 1.92. The number of halogens is 1. The topological polar surface area (TPSA) is 98.0 Å². The normalized spacial score (nSPS) is 19.0. The van der Waals surface area contributed by atoms with Gasteiger partial charge in [0.15, 0.2) is 17.5 Å². The third-order valence-electron chi connectivity index (χ3n) is 1.05. The molecular formula is C5H9ClO5. The average molecular weight is 185 g/mol. The Bertz CT molecular complexity index is 137. The van der Waals surface area contributed by atoms with Crippen LogP contribution < -0.4 is 0 Å². The van der Waals surface area contributed by atoms with Crippen LogP contribution in [0.4, 0.5) is 0 Å². The van der Waals surface area contributed by atoms with Crippen molar-refractivity contribution in [1.29, 1.82) is 0 Å². The van der Waals surface area contributed by atoms with Crippen molar-refractivity contribution in [2.45, 2.75) is 17.8 Å². The summed E-state index contributed by atoms with van der Waals surface area (Å²) in [5.74, 6) is -1.10. The summed E-state index contributed by atoms with van der Waals surface area (Å²) in [7, 11) is 0. The van der Waals surface area contributed by atoms with Crippen LogP contribution in [0.15, 0.2) is 0 Å². The van der Waals surface area contributed by atoms with Crippen molar-refractivity contribution < 1.29 is 25.2 Å². The van der Waals surface area contributed by atoms with Gasteiger partial charge in [-0.3, -0.25) is 4.79 Å². The van der Waals surface area contributed by atoms with E-state index in [9.17, 15) is 4.79 Å². The van der Waals surface area contributed by atoms with Gasteiger partial charge in [0.25, 0.3) is 0 Å². The highest BCUT2D eigenvalue weighted by Crippen LogP contribution is 2.02. The molecule has 0 spiro atoms. The van der Waals surface area contributed by atoms with Gasteiger partial charge in [0, 0.05) is 0 Å². The molecule has 3 atom stereocenters. The maximum absolute atomic E-state index is 10.6. The SMILES string of the molecule is O=C([C@H](O)CO)[C@@H](O)C(O)Cl. The minimum atomic E-state index is -1.86. The third-order valence-corrected chi connectivity index (χ3v) is 1.29. The van der Waals surface area contributed by atoms with Crippen molar-refractivity contribution in [3.8, 4) is 0 Å². The van der Waals surface area contributed by atoms with Crippen LogP contribution in [0.5, 0.6) is 0 Å². The van der Waals surface area contributed by atoms with Gasteiger partial charge in [-0.15, -0.1) is 0 Å². The number of Topliss-reactive ketones (excluding diaryl/α,β-unsaturated/α-hetero) is 1. The first-order chi connectivity index (χ1) is 5.00. The smallest absolute Gasteiger partial charge is 0.195 e. The molecular weight excluding hydrogens is 176 g/mol. The van der Waals surface area contributed by atoms with Crippen molar-refractivity contribution >= 4 is 17.4 Å². The van der Waals surface area contributed by atoms with Crippen LogP contribution in [-0.2, 0) is 4.79 Å². The Morgan fingerprint density at radius 2 is 1.82 bits per heavy atom. The highest BCUT2D eigenvalue weighted by molar-refractivity contribution is 6.21. The Morgan fingerprint density at radius 3 is 2.09 bits per heavy atom. The maximum Gasteiger partial charge on any atom is 0.195 e. The predicted molar refractivity (Wildman–Crippen MR) is 36.0 cm³/mol. The van der Waals surface area contributed by atoms with E-state index in [0.29, 0.717) is 0 Å². The first-order valence-electron chi connectivity index (χ1n) is 2.83. The summed E-state index contributed by atoms with van der Waals surface area (Å²) < 4.78 is 0. The van der Waals surface area contributed by atoms with Crippen molar-refractivity contribution in [3.05, 3.63) is 0 Å². The van der Waals surface area contributed by atoms with E-state index in [1.807, 2.05) is 0 Å². The zero-order valence-corrected chi connectivity index (χ0v) is 6.27. The predicted octanol–water partition coefficient (Wildman–Crippen LogP) is -2.17. The number of ketones is 1. The molecule has 0 aliphatic carbocycles. The van der Waals surface area contributed by atoms with E-state index in [-0.39, 0.29) is 0 Å². The second kappa shape index (κ2) is 4.63. The van der Waals surface area contributed by atoms with Crippen LogP contribution in [-0.4, -0.2) is 50.6 Å². The van der Waals surface area contributed by atoms with Crippen LogP contribution in [0.25, 0.3) is 0 Å². The Labute approximate surface area is 67.8 Å². The molecule has 0 saturated carbocycles. The fourth-order valence-corrected chi connectivity index (χ4v) is 0.547. The molecule has 4 N–H and O–H groups in total. The lowest BCUT2D eigenvalue weighted by atomic mass is 10.1. The largest absolute Gasteiger partial charge is 0.393 e. The van der Waals surface area contributed by atoms with Gasteiger partial charge in [0.1, 0.15) is 6.10 Å². The van der Waals surface area contributed by atoms with Crippen LogP contribution in [0, 0.1) is 0 Å². The summed E-state index contributed by atoms with van der Waals surface area (Å²) in [5, 5.41) is 34.0. The van der Waals surface area contributed by atoms with Gasteiger partial charge in [0.2, 0.25) is 0 Å². The van der Waals surface area contributed by atoms with Crippen LogP contribution >= 0.6 is 11.6 Å². The molecule has 0 radical (unpaired) electrons. The number of aliphatic hydroxyl groups is 4. The molecule has 66 valence electrons. The number of hydrogen-bond acceptors (Lipinski definition) is 5. The Morgan fingerprint density at radius 1 is 1.36 bits per heavy atom. The molecule has 0 saturated heterocycles. The monoisotopic (exact) mass is 184 g/mol. The highest BCUT2D eigenvalue weighted by Gasteiger charge is 2.27. The number of carbonyl (C=O) groups excluding carboxylic acids is 1. The van der Waals surface area contributed by atoms with Gasteiger partial charge < -0.3 is 20.4 Å². The summed E-state index contributed by atoms with van der Waals surface area (Å²) in [6.45, 7) is -0.806. The van der Waals surface area contributed by atoms with Gasteiger partial charge in [-0.1, -0.05) is 11.6 Å². The summed E-state index contributed by atoms with van der Waals surface area (Å²) in [6.07, 6.45) is -3.56. The molecule has 0 aromatic heterocycles. The summed E-state index contributed by atoms with van der Waals surface area (Å²) in [6, 6.07) is 0. The van der Waals surface area contributed by atoms with Crippen LogP contribution in [0.1, 0.15) is 0 Å². The lowest BCUT2D eigenvalue weighted by Gasteiger charge is -2.13. The highest BCUT2D eigenvalue weighted by atomic mass is 35.5. The van der Waals surface area contributed by atoms with Crippen LogP contribution in [0.2, 0.25) is 0 Å². The Balaban J connectivity index is 4.02. The molecule has 0 aliphatic heterocycles. The van der Waals surface area contributed by atoms with Crippen molar-refractivity contribution in [3.63, 3.8) is 0 Å². The molecule has 0 fully saturated rings. The first-order valence-corrected chi connectivity index (χ1v) is 3.27. The summed E-state index contributed by atoms with van der Waals surface area (Å²) in [4.78, 5) is 10.6. The molecule has 1 unspecified atom stereocenters.